The first-order valence-electron chi connectivity index (χ1n) is 6.79. The van der Waals surface area contributed by atoms with Crippen LogP contribution in [0.1, 0.15) is 5.56 Å². The molecular weight excluding hydrogens is 288 g/mol. The van der Waals surface area contributed by atoms with Gasteiger partial charge in [-0.2, -0.15) is 0 Å². The van der Waals surface area contributed by atoms with Crippen molar-refractivity contribution in [1.82, 2.24) is 5.32 Å². The zero-order valence-electron chi connectivity index (χ0n) is 12.3. The molecule has 2 amide bonds. The lowest BCUT2D eigenvalue weighted by atomic mass is 10.2. The van der Waals surface area contributed by atoms with Gasteiger partial charge in [-0.05, 0) is 17.7 Å². The fourth-order valence-electron chi connectivity index (χ4n) is 1.84. The van der Waals surface area contributed by atoms with E-state index in [2.05, 4.69) is 10.6 Å². The number of anilines is 1. The van der Waals surface area contributed by atoms with Crippen molar-refractivity contribution in [2.75, 3.05) is 32.2 Å². The highest BCUT2D eigenvalue weighted by atomic mass is 16.6. The molecule has 0 aromatic heterocycles. The minimum absolute atomic E-state index is 0.00748. The summed E-state index contributed by atoms with van der Waals surface area (Å²) >= 11 is 0. The third-order valence-electron chi connectivity index (χ3n) is 2.81. The highest BCUT2D eigenvalue weighted by Gasteiger charge is 2.14. The number of amides is 2. The van der Waals surface area contributed by atoms with Gasteiger partial charge in [0.15, 0.2) is 0 Å². The van der Waals surface area contributed by atoms with Crippen molar-refractivity contribution in [3.05, 3.63) is 41.9 Å². The molecule has 7 nitrogen and oxygen atoms in total. The third-order valence-corrected chi connectivity index (χ3v) is 2.81. The van der Waals surface area contributed by atoms with Gasteiger partial charge in [0.25, 0.3) is 5.91 Å². The van der Waals surface area contributed by atoms with Gasteiger partial charge in [0, 0.05) is 19.3 Å². The molecule has 0 bridgehead atoms. The smallest absolute Gasteiger partial charge is 0.289 e. The molecule has 0 atom stereocenters. The lowest BCUT2D eigenvalue weighted by Gasteiger charge is -2.15. The molecule has 0 unspecified atom stereocenters. The molecular formula is C15H18N2O5. The summed E-state index contributed by atoms with van der Waals surface area (Å²) in [5, 5.41) is 5.43. The maximum Gasteiger partial charge on any atom is 0.289 e. The van der Waals surface area contributed by atoms with Crippen LogP contribution in [0.15, 0.2) is 36.3 Å². The summed E-state index contributed by atoms with van der Waals surface area (Å²) in [4.78, 5) is 23.3. The molecule has 7 heteroatoms. The van der Waals surface area contributed by atoms with Crippen LogP contribution < -0.4 is 10.6 Å². The average molecular weight is 306 g/mol. The molecule has 0 aliphatic carbocycles. The molecule has 1 aromatic carbocycles. The van der Waals surface area contributed by atoms with E-state index in [0.717, 1.165) is 5.56 Å². The number of rotatable bonds is 6. The first-order chi connectivity index (χ1) is 10.7. The van der Waals surface area contributed by atoms with Crippen LogP contribution in [0.3, 0.4) is 0 Å². The first-order valence-corrected chi connectivity index (χ1v) is 6.79. The van der Waals surface area contributed by atoms with E-state index in [-0.39, 0.29) is 24.2 Å². The Morgan fingerprint density at radius 1 is 1.32 bits per heavy atom. The monoisotopic (exact) mass is 306 g/mol. The summed E-state index contributed by atoms with van der Waals surface area (Å²) in [6, 6.07) is 7.18. The zero-order valence-corrected chi connectivity index (χ0v) is 12.3. The summed E-state index contributed by atoms with van der Waals surface area (Å²) in [5.74, 6) is -0.411. The van der Waals surface area contributed by atoms with Gasteiger partial charge in [0.2, 0.25) is 11.7 Å². The van der Waals surface area contributed by atoms with Crippen LogP contribution in [0.5, 0.6) is 0 Å². The molecule has 1 aliphatic rings. The Balaban J connectivity index is 1.88. The Morgan fingerprint density at radius 2 is 2.18 bits per heavy atom. The van der Waals surface area contributed by atoms with Crippen LogP contribution in [-0.2, 0) is 30.3 Å². The highest BCUT2D eigenvalue weighted by molar-refractivity contribution is 5.92. The molecule has 1 heterocycles. The number of hydrogen-bond acceptors (Lipinski definition) is 5. The van der Waals surface area contributed by atoms with Crippen molar-refractivity contribution < 1.29 is 23.8 Å². The first kappa shape index (κ1) is 15.8. The SMILES string of the molecule is COCC(=O)Nc1cccc(CNC(=O)C2=COCCO2)c1. The second-order valence-electron chi connectivity index (χ2n) is 4.57. The Kier molecular flexibility index (Phi) is 5.79. The number of carbonyl (C=O) groups excluding carboxylic acids is 2. The molecule has 0 saturated carbocycles. The van der Waals surface area contributed by atoms with Gasteiger partial charge in [0.05, 0.1) is 0 Å². The van der Waals surface area contributed by atoms with E-state index in [1.807, 2.05) is 6.07 Å². The van der Waals surface area contributed by atoms with Crippen LogP contribution in [0.4, 0.5) is 5.69 Å². The predicted molar refractivity (Wildman–Crippen MR) is 78.8 cm³/mol. The van der Waals surface area contributed by atoms with Crippen LogP contribution in [0.25, 0.3) is 0 Å². The number of methoxy groups -OCH3 is 1. The average Bonchev–Trinajstić information content (AvgIpc) is 2.54. The molecule has 118 valence electrons. The number of benzene rings is 1. The minimum atomic E-state index is -0.339. The maximum atomic E-state index is 11.8. The Morgan fingerprint density at radius 3 is 2.91 bits per heavy atom. The second-order valence-corrected chi connectivity index (χ2v) is 4.57. The van der Waals surface area contributed by atoms with Crippen LogP contribution in [0.2, 0.25) is 0 Å². The summed E-state index contributed by atoms with van der Waals surface area (Å²) in [6.07, 6.45) is 1.31. The van der Waals surface area contributed by atoms with Crippen molar-refractivity contribution in [2.45, 2.75) is 6.54 Å². The van der Waals surface area contributed by atoms with Crippen LogP contribution >= 0.6 is 0 Å². The molecule has 0 saturated heterocycles. The molecule has 2 rings (SSSR count). The summed E-state index contributed by atoms with van der Waals surface area (Å²) < 4.78 is 15.0. The quantitative estimate of drug-likeness (QED) is 0.811. The molecule has 22 heavy (non-hydrogen) atoms. The largest absolute Gasteiger partial charge is 0.494 e. The van der Waals surface area contributed by atoms with Crippen molar-refractivity contribution in [3.8, 4) is 0 Å². The van der Waals surface area contributed by atoms with Crippen LogP contribution in [0, 0.1) is 0 Å². The highest BCUT2D eigenvalue weighted by Crippen LogP contribution is 2.11. The molecule has 1 aromatic rings. The van der Waals surface area contributed by atoms with Crippen molar-refractivity contribution in [1.29, 1.82) is 0 Å². The van der Waals surface area contributed by atoms with Gasteiger partial charge in [0.1, 0.15) is 26.1 Å². The van der Waals surface area contributed by atoms with E-state index in [4.69, 9.17) is 14.2 Å². The van der Waals surface area contributed by atoms with Crippen molar-refractivity contribution >= 4 is 17.5 Å². The van der Waals surface area contributed by atoms with Crippen LogP contribution in [-0.4, -0.2) is 38.7 Å². The third kappa shape index (κ3) is 4.78. The Labute approximate surface area is 128 Å². The van der Waals surface area contributed by atoms with Gasteiger partial charge in [-0.3, -0.25) is 9.59 Å². The van der Waals surface area contributed by atoms with E-state index in [9.17, 15) is 9.59 Å². The van der Waals surface area contributed by atoms with Gasteiger partial charge in [-0.25, -0.2) is 0 Å². The van der Waals surface area contributed by atoms with Gasteiger partial charge >= 0.3 is 0 Å². The molecule has 0 radical (unpaired) electrons. The normalized spacial score (nSPS) is 13.4. The number of ether oxygens (including phenoxy) is 3. The summed E-state index contributed by atoms with van der Waals surface area (Å²) in [6.45, 7) is 1.11. The standard InChI is InChI=1S/C15H18N2O5/c1-20-10-14(18)17-12-4-2-3-11(7-12)8-16-15(19)13-9-21-5-6-22-13/h2-4,7,9H,5-6,8,10H2,1H3,(H,16,19)(H,17,18). The topological polar surface area (TPSA) is 85.9 Å². The lowest BCUT2D eigenvalue weighted by Crippen LogP contribution is -2.28. The zero-order chi connectivity index (χ0) is 15.8. The van der Waals surface area contributed by atoms with E-state index in [0.29, 0.717) is 25.4 Å². The summed E-state index contributed by atoms with van der Waals surface area (Å²) in [5.41, 5.74) is 1.49. The minimum Gasteiger partial charge on any atom is -0.494 e. The number of carbonyl (C=O) groups is 2. The lowest BCUT2D eigenvalue weighted by molar-refractivity contribution is -0.122. The fourth-order valence-corrected chi connectivity index (χ4v) is 1.84. The van der Waals surface area contributed by atoms with E-state index < -0.39 is 0 Å². The Hall–Kier alpha value is -2.54. The summed E-state index contributed by atoms with van der Waals surface area (Å²) in [7, 11) is 1.46. The molecule has 0 fully saturated rings. The van der Waals surface area contributed by atoms with E-state index in [1.165, 1.54) is 13.4 Å². The number of hydrogen-bond donors (Lipinski definition) is 2. The van der Waals surface area contributed by atoms with E-state index in [1.54, 1.807) is 18.2 Å². The van der Waals surface area contributed by atoms with Gasteiger partial charge in [-0.15, -0.1) is 0 Å². The Bertz CT molecular complexity index is 571. The second kappa shape index (κ2) is 8.04. The molecule has 2 N–H and O–H groups in total. The van der Waals surface area contributed by atoms with Gasteiger partial charge in [-0.1, -0.05) is 12.1 Å². The number of nitrogens with one attached hydrogen (secondary N) is 2. The van der Waals surface area contributed by atoms with Gasteiger partial charge < -0.3 is 24.8 Å². The van der Waals surface area contributed by atoms with Crippen molar-refractivity contribution in [2.24, 2.45) is 0 Å². The van der Waals surface area contributed by atoms with Crippen molar-refractivity contribution in [3.63, 3.8) is 0 Å². The maximum absolute atomic E-state index is 11.8. The van der Waals surface area contributed by atoms with E-state index >= 15 is 0 Å². The fraction of sp³-hybridized carbons (Fsp3) is 0.333. The molecule has 0 spiro atoms. The predicted octanol–water partition coefficient (Wildman–Crippen LogP) is 0.776. The molecule has 1 aliphatic heterocycles.